The Hall–Kier alpha value is -1.31. The Kier molecular flexibility index (Phi) is 10.1. The number of aliphatic imine (C=N–C) groups is 1. The lowest BCUT2D eigenvalue weighted by Crippen LogP contribution is -2.37. The Bertz CT molecular complexity index is 725. The first kappa shape index (κ1) is 23.7. The topological polar surface area (TPSA) is 65.1 Å². The number of aliphatic hydroxyl groups excluding tert-OH is 1. The molecular weight excluding hydrogens is 403 g/mol. The summed E-state index contributed by atoms with van der Waals surface area (Å²) in [5, 5.41) is 11.0. The molecule has 2 aromatic rings. The summed E-state index contributed by atoms with van der Waals surface area (Å²) < 4.78 is 0. The Morgan fingerprint density at radius 1 is 1.30 bits per heavy atom. The standard InChI is InChI=1S/C19H26N4OS.2ClH/c1-22(11-12-24)9-10-23-8-2-4-15-14-16(6-7-17(15)23)21-19(20)18-5-3-13-25-18;;/h3,5-7,13-14,24H,2,4,8-12H2,1H3,(H2,20,21);2*1H. The molecule has 27 heavy (non-hydrogen) atoms. The van der Waals surface area contributed by atoms with E-state index in [1.807, 2.05) is 24.6 Å². The maximum atomic E-state index is 9.03. The Morgan fingerprint density at radius 2 is 2.11 bits per heavy atom. The molecule has 150 valence electrons. The Balaban J connectivity index is 0.00000182. The molecule has 5 nitrogen and oxygen atoms in total. The van der Waals surface area contributed by atoms with E-state index in [2.05, 4.69) is 33.0 Å². The number of anilines is 1. The second-order valence-corrected chi connectivity index (χ2v) is 7.35. The monoisotopic (exact) mass is 430 g/mol. The number of rotatable bonds is 7. The average Bonchev–Trinajstić information content (AvgIpc) is 3.14. The molecule has 0 fully saturated rings. The smallest absolute Gasteiger partial charge is 0.141 e. The van der Waals surface area contributed by atoms with Crippen molar-refractivity contribution < 1.29 is 5.11 Å². The van der Waals surface area contributed by atoms with Crippen molar-refractivity contribution in [3.05, 3.63) is 46.2 Å². The molecule has 1 aliphatic heterocycles. The lowest BCUT2D eigenvalue weighted by molar-refractivity contribution is 0.223. The molecule has 3 N–H and O–H groups in total. The van der Waals surface area contributed by atoms with Crippen molar-refractivity contribution in [2.75, 3.05) is 44.7 Å². The van der Waals surface area contributed by atoms with E-state index in [1.165, 1.54) is 11.3 Å². The average molecular weight is 431 g/mol. The highest BCUT2D eigenvalue weighted by molar-refractivity contribution is 7.12. The summed E-state index contributed by atoms with van der Waals surface area (Å²) >= 11 is 1.61. The zero-order chi connectivity index (χ0) is 17.6. The summed E-state index contributed by atoms with van der Waals surface area (Å²) in [5.74, 6) is 0.577. The van der Waals surface area contributed by atoms with Crippen LogP contribution in [0.15, 0.2) is 40.7 Å². The number of thiophene rings is 1. The molecule has 0 radical (unpaired) electrons. The largest absolute Gasteiger partial charge is 0.395 e. The van der Waals surface area contributed by atoms with E-state index in [1.54, 1.807) is 11.3 Å². The van der Waals surface area contributed by atoms with Crippen LogP contribution in [0.4, 0.5) is 11.4 Å². The highest BCUT2D eigenvalue weighted by atomic mass is 35.5. The minimum absolute atomic E-state index is 0. The third kappa shape index (κ3) is 6.36. The maximum Gasteiger partial charge on any atom is 0.141 e. The van der Waals surface area contributed by atoms with Gasteiger partial charge in [0.1, 0.15) is 5.84 Å². The number of fused-ring (bicyclic) bond motifs is 1. The van der Waals surface area contributed by atoms with Crippen molar-refractivity contribution in [2.24, 2.45) is 10.7 Å². The fourth-order valence-electron chi connectivity index (χ4n) is 3.16. The molecule has 0 saturated carbocycles. The Morgan fingerprint density at radius 3 is 2.81 bits per heavy atom. The molecule has 0 bridgehead atoms. The predicted octanol–water partition coefficient (Wildman–Crippen LogP) is 3.31. The third-order valence-corrected chi connectivity index (χ3v) is 5.43. The normalized spacial score (nSPS) is 13.7. The lowest BCUT2D eigenvalue weighted by atomic mass is 10.0. The molecule has 0 amide bonds. The van der Waals surface area contributed by atoms with Gasteiger partial charge in [-0.1, -0.05) is 6.07 Å². The molecule has 8 heteroatoms. The van der Waals surface area contributed by atoms with Gasteiger partial charge >= 0.3 is 0 Å². The van der Waals surface area contributed by atoms with Crippen LogP contribution in [0.3, 0.4) is 0 Å². The molecule has 1 aliphatic rings. The van der Waals surface area contributed by atoms with Gasteiger partial charge in [0.05, 0.1) is 17.2 Å². The van der Waals surface area contributed by atoms with E-state index in [-0.39, 0.29) is 31.4 Å². The van der Waals surface area contributed by atoms with Gasteiger partial charge in [0, 0.05) is 31.9 Å². The molecule has 0 aliphatic carbocycles. The van der Waals surface area contributed by atoms with Crippen molar-refractivity contribution in [1.82, 2.24) is 4.90 Å². The van der Waals surface area contributed by atoms with Crippen LogP contribution in [-0.2, 0) is 6.42 Å². The molecule has 1 aromatic heterocycles. The highest BCUT2D eigenvalue weighted by Gasteiger charge is 2.17. The van der Waals surface area contributed by atoms with Gasteiger partial charge in [-0.05, 0) is 55.1 Å². The van der Waals surface area contributed by atoms with Gasteiger partial charge in [0.15, 0.2) is 0 Å². The van der Waals surface area contributed by atoms with Crippen LogP contribution in [0.5, 0.6) is 0 Å². The van der Waals surface area contributed by atoms with Gasteiger partial charge in [0.25, 0.3) is 0 Å². The minimum atomic E-state index is 0. The van der Waals surface area contributed by atoms with Gasteiger partial charge in [-0.2, -0.15) is 0 Å². The van der Waals surface area contributed by atoms with Gasteiger partial charge in [-0.25, -0.2) is 4.99 Å². The first-order valence-electron chi connectivity index (χ1n) is 8.72. The SMILES string of the molecule is CN(CCO)CCN1CCCc2cc(N=C(N)c3cccs3)ccc21.Cl.Cl. The maximum absolute atomic E-state index is 9.03. The van der Waals surface area contributed by atoms with Crippen LogP contribution in [0, 0.1) is 0 Å². The van der Waals surface area contributed by atoms with E-state index >= 15 is 0 Å². The van der Waals surface area contributed by atoms with Crippen LogP contribution in [0.2, 0.25) is 0 Å². The molecule has 0 saturated heterocycles. The van der Waals surface area contributed by atoms with Gasteiger partial charge < -0.3 is 20.6 Å². The first-order chi connectivity index (χ1) is 12.2. The summed E-state index contributed by atoms with van der Waals surface area (Å²) in [6.07, 6.45) is 2.24. The minimum Gasteiger partial charge on any atom is -0.395 e. The number of nitrogens with two attached hydrogens (primary N) is 1. The van der Waals surface area contributed by atoms with Crippen molar-refractivity contribution in [1.29, 1.82) is 0 Å². The number of aliphatic hydroxyl groups is 1. The Labute approximate surface area is 177 Å². The quantitative estimate of drug-likeness (QED) is 0.522. The van der Waals surface area contributed by atoms with Crippen molar-refractivity contribution >= 4 is 53.4 Å². The van der Waals surface area contributed by atoms with E-state index in [4.69, 9.17) is 10.8 Å². The number of hydrogen-bond donors (Lipinski definition) is 2. The number of nitrogens with zero attached hydrogens (tertiary/aromatic N) is 3. The predicted molar refractivity (Wildman–Crippen MR) is 121 cm³/mol. The summed E-state index contributed by atoms with van der Waals surface area (Å²) in [5.41, 5.74) is 9.68. The van der Waals surface area contributed by atoms with Gasteiger partial charge in [-0.3, -0.25) is 0 Å². The van der Waals surface area contributed by atoms with E-state index in [9.17, 15) is 0 Å². The van der Waals surface area contributed by atoms with Gasteiger partial charge in [-0.15, -0.1) is 36.2 Å². The number of aryl methyl sites for hydroxylation is 1. The molecule has 0 spiro atoms. The molecule has 2 heterocycles. The van der Waals surface area contributed by atoms with E-state index in [0.29, 0.717) is 5.84 Å². The summed E-state index contributed by atoms with van der Waals surface area (Å²) in [6, 6.07) is 10.4. The summed E-state index contributed by atoms with van der Waals surface area (Å²) in [4.78, 5) is 10.2. The van der Waals surface area contributed by atoms with Crippen LogP contribution in [0.1, 0.15) is 16.9 Å². The second-order valence-electron chi connectivity index (χ2n) is 6.40. The highest BCUT2D eigenvalue weighted by Crippen LogP contribution is 2.30. The van der Waals surface area contributed by atoms with Gasteiger partial charge in [0.2, 0.25) is 0 Å². The lowest BCUT2D eigenvalue weighted by Gasteiger charge is -2.32. The van der Waals surface area contributed by atoms with E-state index in [0.717, 1.165) is 49.6 Å². The number of benzene rings is 1. The van der Waals surface area contributed by atoms with Crippen LogP contribution in [-0.4, -0.2) is 55.7 Å². The fourth-order valence-corrected chi connectivity index (χ4v) is 3.78. The summed E-state index contributed by atoms with van der Waals surface area (Å²) in [7, 11) is 2.05. The summed E-state index contributed by atoms with van der Waals surface area (Å²) in [6.45, 7) is 3.94. The van der Waals surface area contributed by atoms with Crippen LogP contribution >= 0.6 is 36.2 Å². The molecule has 1 aromatic carbocycles. The molecular formula is C19H28Cl2N4OS. The number of likely N-dealkylation sites (N-methyl/N-ethyl adjacent to an activating group) is 1. The zero-order valence-corrected chi connectivity index (χ0v) is 18.0. The number of amidine groups is 1. The van der Waals surface area contributed by atoms with Crippen LogP contribution < -0.4 is 10.6 Å². The van der Waals surface area contributed by atoms with Crippen molar-refractivity contribution in [2.45, 2.75) is 12.8 Å². The molecule has 0 unspecified atom stereocenters. The molecule has 0 atom stereocenters. The van der Waals surface area contributed by atoms with E-state index < -0.39 is 0 Å². The molecule has 3 rings (SSSR count). The van der Waals surface area contributed by atoms with Crippen molar-refractivity contribution in [3.63, 3.8) is 0 Å². The van der Waals surface area contributed by atoms with Crippen molar-refractivity contribution in [3.8, 4) is 0 Å². The zero-order valence-electron chi connectivity index (χ0n) is 15.5. The fraction of sp³-hybridized carbons (Fsp3) is 0.421. The van der Waals surface area contributed by atoms with Crippen LogP contribution in [0.25, 0.3) is 0 Å². The number of hydrogen-bond acceptors (Lipinski definition) is 5. The number of halogens is 2. The third-order valence-electron chi connectivity index (χ3n) is 4.53. The second kappa shape index (κ2) is 11.5. The first-order valence-corrected chi connectivity index (χ1v) is 9.60.